The van der Waals surface area contributed by atoms with Gasteiger partial charge in [-0.05, 0) is 47.3 Å². The third kappa shape index (κ3) is 6.05. The summed E-state index contributed by atoms with van der Waals surface area (Å²) in [7, 11) is -3.54. The molecule has 1 N–H and O–H groups in total. The second-order valence-electron chi connectivity index (χ2n) is 6.63. The first-order valence-corrected chi connectivity index (χ1v) is 11.7. The Balaban J connectivity index is 1.66. The van der Waals surface area contributed by atoms with Crippen molar-refractivity contribution in [2.75, 3.05) is 10.6 Å². The summed E-state index contributed by atoms with van der Waals surface area (Å²) in [4.78, 5) is 16.6. The first-order chi connectivity index (χ1) is 14.5. The lowest BCUT2D eigenvalue weighted by Gasteiger charge is -2.22. The molecule has 6 nitrogen and oxygen atoms in total. The molecule has 0 radical (unpaired) electrons. The minimum atomic E-state index is -4.52. The third-order valence-corrected chi connectivity index (χ3v) is 6.27. The Kier molecular flexibility index (Phi) is 6.65. The van der Waals surface area contributed by atoms with Crippen LogP contribution in [-0.2, 0) is 29.3 Å². The zero-order valence-corrected chi connectivity index (χ0v) is 17.9. The second-order valence-corrected chi connectivity index (χ2v) is 9.57. The van der Waals surface area contributed by atoms with Crippen molar-refractivity contribution < 1.29 is 26.4 Å². The van der Waals surface area contributed by atoms with Crippen molar-refractivity contribution >= 4 is 33.0 Å². The number of aromatic nitrogens is 1. The number of hydrogen-bond acceptors (Lipinski definition) is 5. The molecular formula is C20H18F3N3O3S2. The quantitative estimate of drug-likeness (QED) is 0.566. The van der Waals surface area contributed by atoms with E-state index in [1.165, 1.54) is 46.0 Å². The number of carbonyl (C=O) groups is 1. The van der Waals surface area contributed by atoms with Crippen molar-refractivity contribution in [1.29, 1.82) is 0 Å². The molecule has 1 aromatic carbocycles. The van der Waals surface area contributed by atoms with Crippen LogP contribution in [-0.4, -0.2) is 25.6 Å². The fourth-order valence-corrected chi connectivity index (χ4v) is 4.36. The molecule has 0 aliphatic rings. The number of benzene rings is 1. The van der Waals surface area contributed by atoms with E-state index in [9.17, 15) is 26.4 Å². The number of rotatable bonds is 7. The van der Waals surface area contributed by atoms with Crippen molar-refractivity contribution in [3.63, 3.8) is 0 Å². The molecule has 0 aliphatic heterocycles. The van der Waals surface area contributed by atoms with E-state index < -0.39 is 27.8 Å². The first kappa shape index (κ1) is 22.8. The Labute approximate surface area is 181 Å². The average molecular weight is 470 g/mol. The van der Waals surface area contributed by atoms with E-state index in [-0.39, 0.29) is 18.7 Å². The molecular weight excluding hydrogens is 451 g/mol. The summed E-state index contributed by atoms with van der Waals surface area (Å²) in [5.74, 6) is -0.449. The minimum absolute atomic E-state index is 0.000433. The molecule has 3 aromatic rings. The van der Waals surface area contributed by atoms with E-state index in [0.717, 1.165) is 23.4 Å². The molecule has 0 fully saturated rings. The molecule has 2 heterocycles. The zero-order valence-electron chi connectivity index (χ0n) is 16.3. The summed E-state index contributed by atoms with van der Waals surface area (Å²) in [6.07, 6.45) is -2.35. The number of thiophene rings is 1. The van der Waals surface area contributed by atoms with Gasteiger partial charge in [-0.3, -0.25) is 14.1 Å². The number of amides is 1. The molecule has 0 aliphatic carbocycles. The van der Waals surface area contributed by atoms with Crippen molar-refractivity contribution in [2.24, 2.45) is 0 Å². The number of halogens is 3. The van der Waals surface area contributed by atoms with Gasteiger partial charge >= 0.3 is 6.18 Å². The molecule has 0 saturated carbocycles. The number of alkyl halides is 3. The molecule has 0 atom stereocenters. The second kappa shape index (κ2) is 9.06. The minimum Gasteiger partial charge on any atom is -0.348 e. The van der Waals surface area contributed by atoms with Crippen LogP contribution in [0.15, 0.2) is 60.1 Å². The standard InChI is InChI=1S/C20H18F3N3O3S2/c1-31(28,29)26(13-17-3-2-10-30-17)16-7-5-15(6-8-16)19(27)25-12-14-4-9-18(24-11-14)20(21,22)23/h2-11H,12-13H2,1H3,(H,25,27). The highest BCUT2D eigenvalue weighted by molar-refractivity contribution is 7.92. The molecule has 31 heavy (non-hydrogen) atoms. The van der Waals surface area contributed by atoms with Gasteiger partial charge in [0.25, 0.3) is 5.91 Å². The van der Waals surface area contributed by atoms with Gasteiger partial charge in [-0.15, -0.1) is 11.3 Å². The summed E-state index contributed by atoms with van der Waals surface area (Å²) in [6, 6.07) is 11.8. The summed E-state index contributed by atoms with van der Waals surface area (Å²) in [5, 5.41) is 4.45. The van der Waals surface area contributed by atoms with Gasteiger partial charge in [0.1, 0.15) is 5.69 Å². The van der Waals surface area contributed by atoms with Crippen LogP contribution in [0.4, 0.5) is 18.9 Å². The highest BCUT2D eigenvalue weighted by Gasteiger charge is 2.32. The van der Waals surface area contributed by atoms with Crippen LogP contribution in [0.25, 0.3) is 0 Å². The van der Waals surface area contributed by atoms with Crippen LogP contribution in [0, 0.1) is 0 Å². The van der Waals surface area contributed by atoms with Crippen LogP contribution in [0.1, 0.15) is 26.5 Å². The maximum absolute atomic E-state index is 12.6. The van der Waals surface area contributed by atoms with Crippen molar-refractivity contribution in [3.8, 4) is 0 Å². The van der Waals surface area contributed by atoms with Crippen molar-refractivity contribution in [1.82, 2.24) is 10.3 Å². The fraction of sp³-hybridized carbons (Fsp3) is 0.200. The van der Waals surface area contributed by atoms with Crippen molar-refractivity contribution in [2.45, 2.75) is 19.3 Å². The Morgan fingerprint density at radius 1 is 1.13 bits per heavy atom. The van der Waals surface area contributed by atoms with E-state index >= 15 is 0 Å². The van der Waals surface area contributed by atoms with Crippen LogP contribution < -0.4 is 9.62 Å². The number of anilines is 1. The molecule has 0 unspecified atom stereocenters. The van der Waals surface area contributed by atoms with Gasteiger partial charge in [0.15, 0.2) is 0 Å². The number of nitrogens with zero attached hydrogens (tertiary/aromatic N) is 2. The molecule has 0 spiro atoms. The highest BCUT2D eigenvalue weighted by atomic mass is 32.2. The Hall–Kier alpha value is -2.92. The molecule has 1 amide bonds. The molecule has 0 saturated heterocycles. The molecule has 3 rings (SSSR count). The molecule has 11 heteroatoms. The summed E-state index contributed by atoms with van der Waals surface area (Å²) in [6.45, 7) is 0.183. The number of hydrogen-bond donors (Lipinski definition) is 1. The van der Waals surface area contributed by atoms with E-state index in [1.807, 2.05) is 17.5 Å². The van der Waals surface area contributed by atoms with Crippen LogP contribution >= 0.6 is 11.3 Å². The Bertz CT molecular complexity index is 1130. The van der Waals surface area contributed by atoms with Gasteiger partial charge in [-0.1, -0.05) is 12.1 Å². The number of pyridine rings is 1. The normalized spacial score (nSPS) is 11.9. The van der Waals surface area contributed by atoms with Gasteiger partial charge in [0.05, 0.1) is 18.5 Å². The van der Waals surface area contributed by atoms with Crippen LogP contribution in [0.5, 0.6) is 0 Å². The average Bonchev–Trinajstić information content (AvgIpc) is 3.23. The lowest BCUT2D eigenvalue weighted by molar-refractivity contribution is -0.141. The summed E-state index contributed by atoms with van der Waals surface area (Å²) < 4.78 is 63.3. The summed E-state index contributed by atoms with van der Waals surface area (Å²) >= 11 is 1.44. The van der Waals surface area contributed by atoms with Gasteiger partial charge in [0, 0.05) is 23.2 Å². The van der Waals surface area contributed by atoms with Gasteiger partial charge in [0.2, 0.25) is 10.0 Å². The largest absolute Gasteiger partial charge is 0.433 e. The third-order valence-electron chi connectivity index (χ3n) is 4.27. The smallest absolute Gasteiger partial charge is 0.348 e. The van der Waals surface area contributed by atoms with Gasteiger partial charge in [-0.25, -0.2) is 8.42 Å². The van der Waals surface area contributed by atoms with E-state index in [2.05, 4.69) is 10.3 Å². The monoisotopic (exact) mass is 469 g/mol. The van der Waals surface area contributed by atoms with Crippen LogP contribution in [0.2, 0.25) is 0 Å². The Morgan fingerprint density at radius 2 is 1.84 bits per heavy atom. The van der Waals surface area contributed by atoms with E-state index in [1.54, 1.807) is 0 Å². The van der Waals surface area contributed by atoms with Crippen molar-refractivity contribution in [3.05, 3.63) is 81.8 Å². The molecule has 0 bridgehead atoms. The van der Waals surface area contributed by atoms with E-state index in [4.69, 9.17) is 0 Å². The first-order valence-electron chi connectivity index (χ1n) is 8.94. The maximum Gasteiger partial charge on any atom is 0.433 e. The predicted octanol–water partition coefficient (Wildman–Crippen LogP) is 4.06. The lowest BCUT2D eigenvalue weighted by atomic mass is 10.2. The van der Waals surface area contributed by atoms with E-state index in [0.29, 0.717) is 11.3 Å². The highest BCUT2D eigenvalue weighted by Crippen LogP contribution is 2.27. The summed E-state index contributed by atoms with van der Waals surface area (Å²) in [5.41, 5.74) is 0.112. The van der Waals surface area contributed by atoms with Gasteiger partial charge < -0.3 is 5.32 Å². The lowest BCUT2D eigenvalue weighted by Crippen LogP contribution is -2.29. The number of carbonyl (C=O) groups excluding carboxylic acids is 1. The molecule has 164 valence electrons. The topological polar surface area (TPSA) is 79.4 Å². The zero-order chi connectivity index (χ0) is 22.6. The van der Waals surface area contributed by atoms with Crippen LogP contribution in [0.3, 0.4) is 0 Å². The Morgan fingerprint density at radius 3 is 2.35 bits per heavy atom. The predicted molar refractivity (Wildman–Crippen MR) is 112 cm³/mol. The number of nitrogens with one attached hydrogen (secondary N) is 1. The molecule has 2 aromatic heterocycles. The SMILES string of the molecule is CS(=O)(=O)N(Cc1cccs1)c1ccc(C(=O)NCc2ccc(C(F)(F)F)nc2)cc1. The van der Waals surface area contributed by atoms with Gasteiger partial charge in [-0.2, -0.15) is 13.2 Å². The number of sulfonamides is 1. The maximum atomic E-state index is 12.6. The fourth-order valence-electron chi connectivity index (χ4n) is 2.70.